The average Bonchev–Trinajstić information content (AvgIpc) is 3.23. The Morgan fingerprint density at radius 2 is 1.71 bits per heavy atom. The molecule has 196 valence electrons. The van der Waals surface area contributed by atoms with Gasteiger partial charge in [-0.2, -0.15) is 4.99 Å². The van der Waals surface area contributed by atoms with Gasteiger partial charge in [-0.05, 0) is 60.7 Å². The van der Waals surface area contributed by atoms with Crippen molar-refractivity contribution in [1.82, 2.24) is 4.57 Å². The maximum atomic E-state index is 13.1. The molecule has 1 amide bonds. The smallest absolute Gasteiger partial charge is 0.337 e. The van der Waals surface area contributed by atoms with E-state index in [4.69, 9.17) is 21.1 Å². The van der Waals surface area contributed by atoms with Crippen molar-refractivity contribution < 1.29 is 32.3 Å². The molecule has 0 saturated carbocycles. The van der Waals surface area contributed by atoms with Crippen LogP contribution in [0.15, 0.2) is 76.6 Å². The molecule has 0 aliphatic carbocycles. The predicted molar refractivity (Wildman–Crippen MR) is 142 cm³/mol. The Morgan fingerprint density at radius 3 is 2.39 bits per heavy atom. The zero-order valence-corrected chi connectivity index (χ0v) is 22.4. The third kappa shape index (κ3) is 5.93. The molecule has 0 unspecified atom stereocenters. The lowest BCUT2D eigenvalue weighted by molar-refractivity contribution is -0.141. The van der Waals surface area contributed by atoms with Crippen molar-refractivity contribution in [2.75, 3.05) is 18.9 Å². The molecule has 10 nitrogen and oxygen atoms in total. The number of thiazole rings is 1. The molecule has 1 heterocycles. The molecule has 4 rings (SSSR count). The number of carbonyl (C=O) groups is 3. The van der Waals surface area contributed by atoms with Gasteiger partial charge in [0.05, 0.1) is 34.9 Å². The van der Waals surface area contributed by atoms with Gasteiger partial charge in [-0.1, -0.05) is 29.0 Å². The van der Waals surface area contributed by atoms with Gasteiger partial charge < -0.3 is 14.0 Å². The van der Waals surface area contributed by atoms with E-state index in [0.717, 1.165) is 11.3 Å². The molecule has 0 spiro atoms. The van der Waals surface area contributed by atoms with Crippen LogP contribution in [0.5, 0.6) is 0 Å². The summed E-state index contributed by atoms with van der Waals surface area (Å²) in [5.41, 5.74) is 1.12. The summed E-state index contributed by atoms with van der Waals surface area (Å²) in [6, 6.07) is 16.2. The van der Waals surface area contributed by atoms with Crippen LogP contribution in [0.1, 0.15) is 20.7 Å². The number of fused-ring (bicyclic) bond motifs is 1. The monoisotopic (exact) mass is 573 g/mol. The lowest BCUT2D eigenvalue weighted by Gasteiger charge is -2.09. The number of halogens is 1. The number of methoxy groups -OCH3 is 2. The topological polar surface area (TPSA) is 133 Å². The lowest BCUT2D eigenvalue weighted by atomic mass is 10.2. The first kappa shape index (κ1) is 27.0. The molecule has 0 radical (unpaired) electrons. The van der Waals surface area contributed by atoms with E-state index >= 15 is 0 Å². The second kappa shape index (κ2) is 11.2. The molecule has 0 aliphatic rings. The SMILES string of the molecule is COC(=O)Cn1c(=NC(=O)c2cccc(NS(=O)(=O)c3ccc(Cl)cc3)c2)sc2cc(C(=O)OC)ccc21. The third-order valence-corrected chi connectivity index (χ3v) is 7.99. The van der Waals surface area contributed by atoms with Gasteiger partial charge in [0.25, 0.3) is 15.9 Å². The second-order valence-electron chi connectivity index (χ2n) is 7.78. The van der Waals surface area contributed by atoms with Crippen LogP contribution < -0.4 is 9.52 Å². The number of ether oxygens (including phenoxy) is 2. The predicted octanol–water partition coefficient (Wildman–Crippen LogP) is 3.86. The minimum absolute atomic E-state index is 0.00349. The number of benzene rings is 3. The van der Waals surface area contributed by atoms with Gasteiger partial charge >= 0.3 is 11.9 Å². The molecule has 13 heteroatoms. The Kier molecular flexibility index (Phi) is 7.95. The fourth-order valence-corrected chi connectivity index (χ4v) is 5.69. The number of aromatic nitrogens is 1. The maximum Gasteiger partial charge on any atom is 0.337 e. The summed E-state index contributed by atoms with van der Waals surface area (Å²) >= 11 is 6.93. The number of esters is 2. The first-order valence-corrected chi connectivity index (χ1v) is 13.5. The molecule has 0 aliphatic heterocycles. The number of hydrogen-bond acceptors (Lipinski definition) is 8. The minimum atomic E-state index is -3.93. The van der Waals surface area contributed by atoms with Crippen LogP contribution in [-0.4, -0.2) is 45.1 Å². The summed E-state index contributed by atoms with van der Waals surface area (Å²) in [5, 5.41) is 0.394. The van der Waals surface area contributed by atoms with Gasteiger partial charge in [0.1, 0.15) is 6.54 Å². The van der Waals surface area contributed by atoms with E-state index in [0.29, 0.717) is 20.8 Å². The molecule has 3 aromatic carbocycles. The highest BCUT2D eigenvalue weighted by Gasteiger charge is 2.17. The second-order valence-corrected chi connectivity index (χ2v) is 10.9. The van der Waals surface area contributed by atoms with Crippen molar-refractivity contribution >= 4 is 66.7 Å². The van der Waals surface area contributed by atoms with Crippen LogP contribution in [0, 0.1) is 0 Å². The molecule has 0 bridgehead atoms. The number of rotatable bonds is 7. The standard InChI is InChI=1S/C25H20ClN3O7S2/c1-35-22(30)14-29-20-11-6-16(24(32)36-2)13-21(20)37-25(29)27-23(31)15-4-3-5-18(12-15)28-38(33,34)19-9-7-17(26)8-10-19/h3-13,28H,14H2,1-2H3. The zero-order chi connectivity index (χ0) is 27.4. The van der Waals surface area contributed by atoms with E-state index in [1.54, 1.807) is 12.1 Å². The number of sulfonamides is 1. The summed E-state index contributed by atoms with van der Waals surface area (Å²) in [6.07, 6.45) is 0. The highest BCUT2D eigenvalue weighted by Crippen LogP contribution is 2.22. The number of hydrogen-bond donors (Lipinski definition) is 1. The van der Waals surface area contributed by atoms with Gasteiger partial charge in [0.2, 0.25) is 0 Å². The first-order valence-electron chi connectivity index (χ1n) is 10.9. The van der Waals surface area contributed by atoms with Gasteiger partial charge in [-0.3, -0.25) is 14.3 Å². The normalized spacial score (nSPS) is 11.8. The molecule has 1 N–H and O–H groups in total. The van der Waals surface area contributed by atoms with Crippen LogP contribution in [0.25, 0.3) is 10.2 Å². The van der Waals surface area contributed by atoms with E-state index in [-0.39, 0.29) is 27.5 Å². The number of nitrogens with zero attached hydrogens (tertiary/aromatic N) is 2. The Hall–Kier alpha value is -4.00. The van der Waals surface area contributed by atoms with Gasteiger partial charge in [-0.25, -0.2) is 13.2 Å². The van der Waals surface area contributed by atoms with Crippen LogP contribution >= 0.6 is 22.9 Å². The highest BCUT2D eigenvalue weighted by atomic mass is 35.5. The molecule has 0 saturated heterocycles. The van der Waals surface area contributed by atoms with Crippen LogP contribution in [-0.2, 0) is 30.8 Å². The molecular weight excluding hydrogens is 554 g/mol. The van der Waals surface area contributed by atoms with E-state index in [1.807, 2.05) is 0 Å². The summed E-state index contributed by atoms with van der Waals surface area (Å²) < 4.78 is 39.5. The summed E-state index contributed by atoms with van der Waals surface area (Å²) in [4.78, 5) is 41.5. The summed E-state index contributed by atoms with van der Waals surface area (Å²) in [5.74, 6) is -1.77. The van der Waals surface area contributed by atoms with Crippen LogP contribution in [0.4, 0.5) is 5.69 Å². The van der Waals surface area contributed by atoms with Crippen molar-refractivity contribution in [2.24, 2.45) is 4.99 Å². The molecule has 1 aromatic heterocycles. The number of nitrogens with one attached hydrogen (secondary N) is 1. The zero-order valence-electron chi connectivity index (χ0n) is 20.0. The molecular formula is C25H20ClN3O7S2. The number of anilines is 1. The molecule has 0 fully saturated rings. The minimum Gasteiger partial charge on any atom is -0.468 e. The fraction of sp³-hybridized carbons (Fsp3) is 0.120. The van der Waals surface area contributed by atoms with Gasteiger partial charge in [-0.15, -0.1) is 0 Å². The summed E-state index contributed by atoms with van der Waals surface area (Å²) in [6.45, 7) is -0.221. The van der Waals surface area contributed by atoms with Crippen molar-refractivity contribution in [2.45, 2.75) is 11.4 Å². The third-order valence-electron chi connectivity index (χ3n) is 5.30. The lowest BCUT2D eigenvalue weighted by Crippen LogP contribution is -2.22. The maximum absolute atomic E-state index is 13.1. The average molecular weight is 574 g/mol. The molecule has 38 heavy (non-hydrogen) atoms. The largest absolute Gasteiger partial charge is 0.468 e. The van der Waals surface area contributed by atoms with Crippen LogP contribution in [0.3, 0.4) is 0 Å². The summed E-state index contributed by atoms with van der Waals surface area (Å²) in [7, 11) is -1.42. The van der Waals surface area contributed by atoms with E-state index in [2.05, 4.69) is 9.71 Å². The van der Waals surface area contributed by atoms with Crippen LogP contribution in [0.2, 0.25) is 5.02 Å². The Balaban J connectivity index is 1.71. The number of amides is 1. The quantitative estimate of drug-likeness (QED) is 0.332. The van der Waals surface area contributed by atoms with Crippen molar-refractivity contribution in [3.05, 3.63) is 87.7 Å². The Morgan fingerprint density at radius 1 is 0.974 bits per heavy atom. The Labute approximate surface area is 226 Å². The van der Waals surface area contributed by atoms with Gasteiger partial charge in [0, 0.05) is 16.3 Å². The van der Waals surface area contributed by atoms with Crippen molar-refractivity contribution in [3.63, 3.8) is 0 Å². The van der Waals surface area contributed by atoms with E-state index < -0.39 is 27.9 Å². The van der Waals surface area contributed by atoms with Crippen molar-refractivity contribution in [1.29, 1.82) is 0 Å². The first-order chi connectivity index (χ1) is 18.1. The molecule has 4 aromatic rings. The highest BCUT2D eigenvalue weighted by molar-refractivity contribution is 7.92. The fourth-order valence-electron chi connectivity index (χ4n) is 3.44. The Bertz CT molecular complexity index is 1730. The molecule has 0 atom stereocenters. The van der Waals surface area contributed by atoms with Gasteiger partial charge in [0.15, 0.2) is 4.80 Å². The van der Waals surface area contributed by atoms with E-state index in [9.17, 15) is 22.8 Å². The number of carbonyl (C=O) groups excluding carboxylic acids is 3. The van der Waals surface area contributed by atoms with Crippen molar-refractivity contribution in [3.8, 4) is 0 Å². The van der Waals surface area contributed by atoms with E-state index in [1.165, 1.54) is 73.4 Å².